The first-order chi connectivity index (χ1) is 11.4. The number of hydrogen-bond donors (Lipinski definition) is 0. The van der Waals surface area contributed by atoms with Crippen molar-refractivity contribution in [2.45, 2.75) is 84.0 Å². The molecule has 0 aromatic heterocycles. The van der Waals surface area contributed by atoms with Crippen LogP contribution in [0.1, 0.15) is 59.8 Å². The van der Waals surface area contributed by atoms with E-state index in [1.54, 1.807) is 0 Å². The first-order valence-corrected chi connectivity index (χ1v) is 9.73. The summed E-state index contributed by atoms with van der Waals surface area (Å²) in [5.41, 5.74) is 0. The van der Waals surface area contributed by atoms with Gasteiger partial charge in [-0.25, -0.2) is 0 Å². The number of hydrogen-bond acceptors (Lipinski definition) is 3. The molecule has 0 aromatic rings. The largest absolute Gasteiger partial charge is 0.337 e. The molecule has 136 valence electrons. The highest BCUT2D eigenvalue weighted by atomic mass is 16.2. The highest BCUT2D eigenvalue weighted by molar-refractivity contribution is 5.79. The van der Waals surface area contributed by atoms with Gasteiger partial charge in [-0.05, 0) is 59.3 Å². The summed E-state index contributed by atoms with van der Waals surface area (Å²) >= 11 is 0. The van der Waals surface area contributed by atoms with Crippen molar-refractivity contribution in [3.05, 3.63) is 0 Å². The van der Waals surface area contributed by atoms with Gasteiger partial charge in [-0.15, -0.1) is 0 Å². The number of carbonyl (C=O) groups excluding carboxylic acids is 2. The Labute approximate surface area is 146 Å². The molecule has 0 aromatic carbocycles. The van der Waals surface area contributed by atoms with E-state index >= 15 is 0 Å². The Kier molecular flexibility index (Phi) is 5.19. The minimum absolute atomic E-state index is 0.240. The number of fused-ring (bicyclic) bond motifs is 1. The smallest absolute Gasteiger partial charge is 0.237 e. The Morgan fingerprint density at radius 1 is 1.12 bits per heavy atom. The van der Waals surface area contributed by atoms with Crippen LogP contribution in [0.15, 0.2) is 0 Å². The number of piperidine rings is 2. The van der Waals surface area contributed by atoms with Crippen LogP contribution in [-0.2, 0) is 9.59 Å². The Balaban J connectivity index is 1.59. The summed E-state index contributed by atoms with van der Waals surface area (Å²) in [6.07, 6.45) is 5.10. The van der Waals surface area contributed by atoms with Crippen LogP contribution in [0.5, 0.6) is 0 Å². The van der Waals surface area contributed by atoms with Crippen molar-refractivity contribution in [3.8, 4) is 0 Å². The van der Waals surface area contributed by atoms with Gasteiger partial charge in [-0.2, -0.15) is 0 Å². The topological polar surface area (TPSA) is 43.9 Å². The molecule has 0 N–H and O–H groups in total. The molecule has 2 aliphatic heterocycles. The summed E-state index contributed by atoms with van der Waals surface area (Å²) in [4.78, 5) is 31.5. The van der Waals surface area contributed by atoms with Gasteiger partial charge in [0.15, 0.2) is 0 Å². The van der Waals surface area contributed by atoms with Gasteiger partial charge >= 0.3 is 0 Å². The summed E-state index contributed by atoms with van der Waals surface area (Å²) in [7, 11) is 0. The Bertz CT molecular complexity index is 479. The molecular weight excluding hydrogens is 302 g/mol. The van der Waals surface area contributed by atoms with Crippen LogP contribution in [0.25, 0.3) is 0 Å². The number of likely N-dealkylation sites (tertiary alicyclic amines) is 2. The zero-order valence-corrected chi connectivity index (χ0v) is 15.7. The monoisotopic (exact) mass is 335 g/mol. The van der Waals surface area contributed by atoms with E-state index < -0.39 is 0 Å². The minimum atomic E-state index is 0.240. The molecule has 5 nitrogen and oxygen atoms in total. The fraction of sp³-hybridized carbons (Fsp3) is 0.895. The van der Waals surface area contributed by atoms with E-state index in [0.29, 0.717) is 36.9 Å². The average molecular weight is 335 g/mol. The summed E-state index contributed by atoms with van der Waals surface area (Å²) in [5, 5.41) is 0. The van der Waals surface area contributed by atoms with Crippen LogP contribution < -0.4 is 0 Å². The lowest BCUT2D eigenvalue weighted by Crippen LogP contribution is -2.58. The van der Waals surface area contributed by atoms with Crippen LogP contribution in [0.3, 0.4) is 0 Å². The van der Waals surface area contributed by atoms with Crippen molar-refractivity contribution in [1.82, 2.24) is 14.7 Å². The molecular formula is C19H33N3O2. The Morgan fingerprint density at radius 2 is 1.79 bits per heavy atom. The second kappa shape index (κ2) is 7.03. The van der Waals surface area contributed by atoms with Crippen molar-refractivity contribution in [2.24, 2.45) is 5.92 Å². The third kappa shape index (κ3) is 3.61. The maximum atomic E-state index is 12.7. The molecule has 24 heavy (non-hydrogen) atoms. The lowest BCUT2D eigenvalue weighted by atomic mass is 9.83. The molecule has 0 bridgehead atoms. The molecule has 0 radical (unpaired) electrons. The van der Waals surface area contributed by atoms with Gasteiger partial charge in [0, 0.05) is 43.7 Å². The molecule has 0 spiro atoms. The zero-order chi connectivity index (χ0) is 17.4. The normalized spacial score (nSPS) is 28.4. The molecule has 3 rings (SSSR count). The van der Waals surface area contributed by atoms with Gasteiger partial charge in [0.25, 0.3) is 0 Å². The van der Waals surface area contributed by atoms with Gasteiger partial charge in [0.05, 0.1) is 6.54 Å². The zero-order valence-electron chi connectivity index (χ0n) is 15.7. The van der Waals surface area contributed by atoms with E-state index in [4.69, 9.17) is 0 Å². The Hall–Kier alpha value is -1.10. The third-order valence-electron chi connectivity index (χ3n) is 5.85. The first-order valence-electron chi connectivity index (χ1n) is 9.73. The van der Waals surface area contributed by atoms with E-state index in [0.717, 1.165) is 25.9 Å². The number of nitrogens with zero attached hydrogens (tertiary/aromatic N) is 3. The third-order valence-corrected chi connectivity index (χ3v) is 5.85. The predicted octanol–water partition coefficient (Wildman–Crippen LogP) is 2.11. The maximum absolute atomic E-state index is 12.7. The lowest BCUT2D eigenvalue weighted by Gasteiger charge is -2.47. The molecule has 2 amide bonds. The summed E-state index contributed by atoms with van der Waals surface area (Å²) in [6.45, 7) is 10.8. The Morgan fingerprint density at radius 3 is 2.38 bits per heavy atom. The molecule has 1 saturated carbocycles. The molecule has 2 saturated heterocycles. The van der Waals surface area contributed by atoms with Gasteiger partial charge < -0.3 is 9.80 Å². The minimum Gasteiger partial charge on any atom is -0.337 e. The molecule has 5 heteroatoms. The first kappa shape index (κ1) is 17.7. The van der Waals surface area contributed by atoms with Gasteiger partial charge in [-0.3, -0.25) is 14.5 Å². The van der Waals surface area contributed by atoms with Crippen LogP contribution >= 0.6 is 0 Å². The van der Waals surface area contributed by atoms with E-state index in [-0.39, 0.29) is 18.0 Å². The molecule has 1 aliphatic carbocycles. The van der Waals surface area contributed by atoms with E-state index in [1.165, 1.54) is 12.8 Å². The summed E-state index contributed by atoms with van der Waals surface area (Å²) in [5.74, 6) is 1.16. The second-order valence-electron chi connectivity index (χ2n) is 8.41. The highest BCUT2D eigenvalue weighted by Crippen LogP contribution is 2.38. The van der Waals surface area contributed by atoms with Crippen molar-refractivity contribution in [2.75, 3.05) is 19.6 Å². The SMILES string of the molecule is CC(C)N(C(=O)CN1CC[C@@H]2[C@@H](CCC(=O)N2C2CC2)C1)C(C)C. The molecule has 2 heterocycles. The summed E-state index contributed by atoms with van der Waals surface area (Å²) < 4.78 is 0. The maximum Gasteiger partial charge on any atom is 0.237 e. The van der Waals surface area contributed by atoms with Gasteiger partial charge in [-0.1, -0.05) is 0 Å². The van der Waals surface area contributed by atoms with Crippen LogP contribution in [0, 0.1) is 5.92 Å². The molecule has 3 fully saturated rings. The van der Waals surface area contributed by atoms with E-state index in [9.17, 15) is 9.59 Å². The van der Waals surface area contributed by atoms with Crippen LogP contribution in [0.4, 0.5) is 0 Å². The standard InChI is InChI=1S/C19H33N3O2/c1-13(2)21(14(3)4)19(24)12-20-10-9-17-15(11-20)5-8-18(23)22(17)16-6-7-16/h13-17H,5-12H2,1-4H3/t15-,17+/m0/s1. The number of rotatable bonds is 5. The van der Waals surface area contributed by atoms with Gasteiger partial charge in [0.1, 0.15) is 0 Å². The number of carbonyl (C=O) groups is 2. The van der Waals surface area contributed by atoms with Crippen LogP contribution in [0.2, 0.25) is 0 Å². The lowest BCUT2D eigenvalue weighted by molar-refractivity contribution is -0.144. The second-order valence-corrected chi connectivity index (χ2v) is 8.41. The van der Waals surface area contributed by atoms with Crippen molar-refractivity contribution < 1.29 is 9.59 Å². The molecule has 0 unspecified atom stereocenters. The van der Waals surface area contributed by atoms with E-state index in [2.05, 4.69) is 37.5 Å². The molecule has 3 aliphatic rings. The van der Waals surface area contributed by atoms with Crippen LogP contribution in [-0.4, -0.2) is 70.3 Å². The highest BCUT2D eigenvalue weighted by Gasteiger charge is 2.45. The van der Waals surface area contributed by atoms with E-state index in [1.807, 2.05) is 4.90 Å². The fourth-order valence-electron chi connectivity index (χ4n) is 4.78. The average Bonchev–Trinajstić information content (AvgIpc) is 3.31. The number of amides is 2. The van der Waals surface area contributed by atoms with Crippen molar-refractivity contribution in [1.29, 1.82) is 0 Å². The fourth-order valence-corrected chi connectivity index (χ4v) is 4.78. The van der Waals surface area contributed by atoms with Crippen molar-refractivity contribution in [3.63, 3.8) is 0 Å². The predicted molar refractivity (Wildman–Crippen MR) is 94.6 cm³/mol. The molecule has 2 atom stereocenters. The summed E-state index contributed by atoms with van der Waals surface area (Å²) in [6, 6.07) is 1.44. The van der Waals surface area contributed by atoms with Crippen molar-refractivity contribution >= 4 is 11.8 Å². The van der Waals surface area contributed by atoms with Gasteiger partial charge in [0.2, 0.25) is 11.8 Å². The quantitative estimate of drug-likeness (QED) is 0.773.